The molecule has 0 unspecified atom stereocenters. The summed E-state index contributed by atoms with van der Waals surface area (Å²) in [7, 11) is 0. The summed E-state index contributed by atoms with van der Waals surface area (Å²) in [6.07, 6.45) is 6.37. The van der Waals surface area contributed by atoms with Gasteiger partial charge in [-0.15, -0.1) is 0 Å². The van der Waals surface area contributed by atoms with Crippen LogP contribution in [0.5, 0.6) is 0 Å². The van der Waals surface area contributed by atoms with Gasteiger partial charge in [0.25, 0.3) is 0 Å². The van der Waals surface area contributed by atoms with E-state index in [1.807, 2.05) is 6.92 Å². The average Bonchev–Trinajstić information content (AvgIpc) is 2.71. The van der Waals surface area contributed by atoms with Gasteiger partial charge >= 0.3 is 5.97 Å². The highest BCUT2D eigenvalue weighted by atomic mass is 16.4. The Balaban J connectivity index is 0.000000162. The summed E-state index contributed by atoms with van der Waals surface area (Å²) in [5, 5.41) is 8.34. The molecule has 0 bridgehead atoms. The number of imidazole rings is 1. The molecule has 2 aromatic rings. The fourth-order valence-corrected chi connectivity index (χ4v) is 0.833. The van der Waals surface area contributed by atoms with E-state index in [0.29, 0.717) is 0 Å². The molecule has 0 fully saturated rings. The van der Waals surface area contributed by atoms with Gasteiger partial charge in [0.2, 0.25) is 0 Å². The van der Waals surface area contributed by atoms with Crippen molar-refractivity contribution in [2.45, 2.75) is 6.92 Å². The van der Waals surface area contributed by atoms with Crippen molar-refractivity contribution >= 4 is 5.97 Å². The molecule has 0 aliphatic rings. The number of pyridine rings is 1. The molecule has 0 saturated heterocycles. The van der Waals surface area contributed by atoms with Crippen LogP contribution in [0.3, 0.4) is 0 Å². The third kappa shape index (κ3) is 4.04. The van der Waals surface area contributed by atoms with Crippen molar-refractivity contribution in [1.82, 2.24) is 15.0 Å². The Bertz CT molecular complexity index is 398. The van der Waals surface area contributed by atoms with Crippen LogP contribution in [0, 0.1) is 6.92 Å². The summed E-state index contributed by atoms with van der Waals surface area (Å²) in [6.45, 7) is 1.92. The van der Waals surface area contributed by atoms with Gasteiger partial charge in [0.1, 0.15) is 5.82 Å². The van der Waals surface area contributed by atoms with E-state index >= 15 is 0 Å². The molecule has 0 saturated carbocycles. The molecule has 0 radical (unpaired) electrons. The van der Waals surface area contributed by atoms with Gasteiger partial charge in [0.05, 0.1) is 5.56 Å². The summed E-state index contributed by atoms with van der Waals surface area (Å²) in [5.41, 5.74) is 0.220. The smallest absolute Gasteiger partial charge is 0.337 e. The van der Waals surface area contributed by atoms with Crippen LogP contribution in [0.1, 0.15) is 16.2 Å². The van der Waals surface area contributed by atoms with Crippen LogP contribution in [-0.4, -0.2) is 26.0 Å². The predicted molar refractivity (Wildman–Crippen MR) is 54.5 cm³/mol. The quantitative estimate of drug-likeness (QED) is 0.739. The van der Waals surface area contributed by atoms with Crippen molar-refractivity contribution in [2.75, 3.05) is 0 Å². The Hall–Kier alpha value is -2.17. The van der Waals surface area contributed by atoms with E-state index in [-0.39, 0.29) is 5.56 Å². The minimum Gasteiger partial charge on any atom is -0.478 e. The molecule has 15 heavy (non-hydrogen) atoms. The molecule has 5 nitrogen and oxygen atoms in total. The maximum Gasteiger partial charge on any atom is 0.337 e. The molecular weight excluding hydrogens is 194 g/mol. The highest BCUT2D eigenvalue weighted by Crippen LogP contribution is 1.92. The van der Waals surface area contributed by atoms with Gasteiger partial charge in [-0.25, -0.2) is 9.78 Å². The van der Waals surface area contributed by atoms with E-state index in [1.54, 1.807) is 18.5 Å². The molecule has 0 aliphatic carbocycles. The van der Waals surface area contributed by atoms with Crippen LogP contribution in [0.15, 0.2) is 36.9 Å². The number of carbonyl (C=O) groups is 1. The van der Waals surface area contributed by atoms with Gasteiger partial charge in [-0.2, -0.15) is 0 Å². The van der Waals surface area contributed by atoms with E-state index in [2.05, 4.69) is 15.0 Å². The standard InChI is InChI=1S/C6H5NO2.C4H6N2/c8-6(9)5-2-1-3-7-4-5;1-4-5-2-3-6-4/h1-4H,(H,8,9);2-3H,1H3,(H,5,6). The number of aryl methyl sites for hydroxylation is 1. The number of aromatic nitrogens is 3. The van der Waals surface area contributed by atoms with Crippen LogP contribution in [0.4, 0.5) is 0 Å². The van der Waals surface area contributed by atoms with Crippen LogP contribution >= 0.6 is 0 Å². The Kier molecular flexibility index (Phi) is 4.03. The molecule has 0 aromatic carbocycles. The van der Waals surface area contributed by atoms with Crippen molar-refractivity contribution in [1.29, 1.82) is 0 Å². The van der Waals surface area contributed by atoms with Crippen molar-refractivity contribution in [3.8, 4) is 0 Å². The first kappa shape index (κ1) is 10.9. The van der Waals surface area contributed by atoms with Gasteiger partial charge < -0.3 is 10.1 Å². The molecule has 78 valence electrons. The van der Waals surface area contributed by atoms with Crippen molar-refractivity contribution in [3.63, 3.8) is 0 Å². The molecule has 0 aliphatic heterocycles. The number of H-pyrrole nitrogens is 1. The molecule has 5 heteroatoms. The number of carboxylic acid groups (broad SMARTS) is 1. The zero-order chi connectivity index (χ0) is 11.1. The zero-order valence-corrected chi connectivity index (χ0v) is 8.21. The van der Waals surface area contributed by atoms with E-state index in [9.17, 15) is 4.79 Å². The Morgan fingerprint density at radius 1 is 1.47 bits per heavy atom. The highest BCUT2D eigenvalue weighted by molar-refractivity contribution is 5.86. The topological polar surface area (TPSA) is 78.9 Å². The lowest BCUT2D eigenvalue weighted by Crippen LogP contribution is -1.94. The summed E-state index contributed by atoms with van der Waals surface area (Å²) in [4.78, 5) is 20.5. The molecule has 2 N–H and O–H groups in total. The second kappa shape index (κ2) is 5.54. The predicted octanol–water partition coefficient (Wildman–Crippen LogP) is 1.50. The number of hydrogen-bond donors (Lipinski definition) is 2. The van der Waals surface area contributed by atoms with Crippen molar-refractivity contribution in [2.24, 2.45) is 0 Å². The Labute approximate surface area is 86.8 Å². The lowest BCUT2D eigenvalue weighted by atomic mass is 10.3. The molecule has 2 heterocycles. The maximum atomic E-state index is 10.2. The number of aromatic amines is 1. The molecule has 2 rings (SSSR count). The minimum absolute atomic E-state index is 0.220. The largest absolute Gasteiger partial charge is 0.478 e. The molecule has 2 aromatic heterocycles. The monoisotopic (exact) mass is 205 g/mol. The highest BCUT2D eigenvalue weighted by Gasteiger charge is 1.97. The Morgan fingerprint density at radius 2 is 2.27 bits per heavy atom. The minimum atomic E-state index is -0.942. The van der Waals surface area contributed by atoms with Gasteiger partial charge in [0.15, 0.2) is 0 Å². The SMILES string of the molecule is Cc1ncc[nH]1.O=C(O)c1cccnc1. The summed E-state index contributed by atoms with van der Waals surface area (Å²) < 4.78 is 0. The van der Waals surface area contributed by atoms with Crippen molar-refractivity contribution in [3.05, 3.63) is 48.3 Å². The molecule has 0 atom stereocenters. The fraction of sp³-hybridized carbons (Fsp3) is 0.100. The fourth-order valence-electron chi connectivity index (χ4n) is 0.833. The van der Waals surface area contributed by atoms with E-state index in [0.717, 1.165) is 5.82 Å². The second-order valence-corrected chi connectivity index (χ2v) is 2.72. The Morgan fingerprint density at radius 3 is 2.53 bits per heavy atom. The maximum absolute atomic E-state index is 10.2. The van der Waals surface area contributed by atoms with E-state index in [1.165, 1.54) is 18.5 Å². The third-order valence-electron chi connectivity index (χ3n) is 1.54. The first-order valence-electron chi connectivity index (χ1n) is 4.29. The number of aromatic carboxylic acids is 1. The molecule has 0 spiro atoms. The summed E-state index contributed by atoms with van der Waals surface area (Å²) in [5.74, 6) is 0.0260. The van der Waals surface area contributed by atoms with Crippen LogP contribution < -0.4 is 0 Å². The molecule has 0 amide bonds. The van der Waals surface area contributed by atoms with Gasteiger partial charge in [0, 0.05) is 24.8 Å². The van der Waals surface area contributed by atoms with Crippen LogP contribution in [-0.2, 0) is 0 Å². The number of rotatable bonds is 1. The normalized spacial score (nSPS) is 8.87. The lowest BCUT2D eigenvalue weighted by molar-refractivity contribution is 0.0696. The average molecular weight is 205 g/mol. The first-order chi connectivity index (χ1) is 7.20. The van der Waals surface area contributed by atoms with Gasteiger partial charge in [-0.1, -0.05) is 0 Å². The zero-order valence-electron chi connectivity index (χ0n) is 8.21. The summed E-state index contributed by atoms with van der Waals surface area (Å²) in [6, 6.07) is 3.08. The van der Waals surface area contributed by atoms with Crippen LogP contribution in [0.25, 0.3) is 0 Å². The third-order valence-corrected chi connectivity index (χ3v) is 1.54. The van der Waals surface area contributed by atoms with Gasteiger partial charge in [-0.3, -0.25) is 4.98 Å². The van der Waals surface area contributed by atoms with E-state index in [4.69, 9.17) is 5.11 Å². The van der Waals surface area contributed by atoms with Crippen LogP contribution in [0.2, 0.25) is 0 Å². The number of nitrogens with one attached hydrogen (secondary N) is 1. The van der Waals surface area contributed by atoms with Crippen molar-refractivity contribution < 1.29 is 9.90 Å². The molecular formula is C10H11N3O2. The lowest BCUT2D eigenvalue weighted by Gasteiger charge is -1.87. The first-order valence-corrected chi connectivity index (χ1v) is 4.29. The number of carboxylic acids is 1. The summed E-state index contributed by atoms with van der Waals surface area (Å²) >= 11 is 0. The number of hydrogen-bond acceptors (Lipinski definition) is 3. The second-order valence-electron chi connectivity index (χ2n) is 2.72. The van der Waals surface area contributed by atoms with Gasteiger partial charge in [-0.05, 0) is 19.1 Å². The number of nitrogens with zero attached hydrogens (tertiary/aromatic N) is 2. The van der Waals surface area contributed by atoms with E-state index < -0.39 is 5.97 Å².